The quantitative estimate of drug-likeness (QED) is 0.532. The third kappa shape index (κ3) is 4.87. The zero-order valence-corrected chi connectivity index (χ0v) is 16.5. The summed E-state index contributed by atoms with van der Waals surface area (Å²) in [5.41, 5.74) is 1.32. The summed E-state index contributed by atoms with van der Waals surface area (Å²) < 4.78 is 28.0. The van der Waals surface area contributed by atoms with E-state index in [1.165, 1.54) is 24.3 Å². The van der Waals surface area contributed by atoms with Crippen LogP contribution < -0.4 is 10.0 Å². The molecule has 0 radical (unpaired) electrons. The van der Waals surface area contributed by atoms with Crippen molar-refractivity contribution in [1.82, 2.24) is 9.97 Å². The van der Waals surface area contributed by atoms with E-state index in [9.17, 15) is 8.42 Å². The predicted octanol–water partition coefficient (Wildman–Crippen LogP) is 4.69. The molecule has 1 heterocycles. The lowest BCUT2D eigenvalue weighted by Gasteiger charge is -2.14. The third-order valence-corrected chi connectivity index (χ3v) is 5.61. The second-order valence-electron chi connectivity index (χ2n) is 6.10. The van der Waals surface area contributed by atoms with Crippen LogP contribution in [0.2, 0.25) is 5.02 Å². The number of halogens is 1. The van der Waals surface area contributed by atoms with Crippen LogP contribution in [0.25, 0.3) is 11.0 Å². The molecule has 0 saturated heterocycles. The monoisotopic (exact) mass is 404 g/mol. The second kappa shape index (κ2) is 8.54. The molecule has 8 heteroatoms. The van der Waals surface area contributed by atoms with E-state index in [0.717, 1.165) is 19.3 Å². The van der Waals surface area contributed by atoms with Crippen molar-refractivity contribution < 1.29 is 8.42 Å². The fourth-order valence-electron chi connectivity index (χ4n) is 2.58. The maximum atomic E-state index is 12.7. The SMILES string of the molecule is CCCCCNc1nc2ccccc2nc1NS(=O)(=O)c1ccc(Cl)cc1. The number of hydrogen-bond donors (Lipinski definition) is 2. The molecule has 6 nitrogen and oxygen atoms in total. The molecule has 0 unspecified atom stereocenters. The lowest BCUT2D eigenvalue weighted by atomic mass is 10.2. The van der Waals surface area contributed by atoms with Gasteiger partial charge in [-0.1, -0.05) is 43.5 Å². The summed E-state index contributed by atoms with van der Waals surface area (Å²) in [6.07, 6.45) is 3.15. The lowest BCUT2D eigenvalue weighted by molar-refractivity contribution is 0.601. The first-order valence-corrected chi connectivity index (χ1v) is 10.6. The first-order valence-electron chi connectivity index (χ1n) is 8.78. The Morgan fingerprint density at radius 1 is 0.926 bits per heavy atom. The predicted molar refractivity (Wildman–Crippen MR) is 110 cm³/mol. The standard InChI is InChI=1S/C19H21ClN4O2S/c1-2-3-6-13-21-18-19(23-17-8-5-4-7-16(17)22-18)24-27(25,26)15-11-9-14(20)10-12-15/h4-5,7-12H,2-3,6,13H2,1H3,(H,21,22)(H,23,24). The molecular formula is C19H21ClN4O2S. The van der Waals surface area contributed by atoms with Gasteiger partial charge >= 0.3 is 0 Å². The van der Waals surface area contributed by atoms with Crippen LogP contribution in [0.1, 0.15) is 26.2 Å². The molecule has 2 N–H and O–H groups in total. The molecule has 142 valence electrons. The normalized spacial score (nSPS) is 11.5. The van der Waals surface area contributed by atoms with Crippen molar-refractivity contribution >= 4 is 44.3 Å². The molecule has 0 aliphatic carbocycles. The fourth-order valence-corrected chi connectivity index (χ4v) is 3.71. The van der Waals surface area contributed by atoms with Gasteiger partial charge in [-0.05, 0) is 42.8 Å². The van der Waals surface area contributed by atoms with Crippen molar-refractivity contribution in [2.75, 3.05) is 16.6 Å². The van der Waals surface area contributed by atoms with Gasteiger partial charge in [0, 0.05) is 11.6 Å². The van der Waals surface area contributed by atoms with E-state index in [-0.39, 0.29) is 10.7 Å². The van der Waals surface area contributed by atoms with Crippen LogP contribution in [0, 0.1) is 0 Å². The summed E-state index contributed by atoms with van der Waals surface area (Å²) in [5, 5.41) is 3.67. The van der Waals surface area contributed by atoms with E-state index in [4.69, 9.17) is 11.6 Å². The van der Waals surface area contributed by atoms with E-state index in [1.54, 1.807) is 6.07 Å². The number of benzene rings is 2. The van der Waals surface area contributed by atoms with Crippen molar-refractivity contribution in [3.05, 3.63) is 53.6 Å². The summed E-state index contributed by atoms with van der Waals surface area (Å²) in [5.74, 6) is 0.600. The maximum Gasteiger partial charge on any atom is 0.263 e. The van der Waals surface area contributed by atoms with Gasteiger partial charge in [0.25, 0.3) is 10.0 Å². The number of anilines is 2. The molecule has 2 aromatic carbocycles. The van der Waals surface area contributed by atoms with E-state index in [2.05, 4.69) is 26.9 Å². The number of unbranched alkanes of at least 4 members (excludes halogenated alkanes) is 2. The number of fused-ring (bicyclic) bond motifs is 1. The molecular weight excluding hydrogens is 384 g/mol. The highest BCUT2D eigenvalue weighted by Crippen LogP contribution is 2.25. The number of hydrogen-bond acceptors (Lipinski definition) is 5. The van der Waals surface area contributed by atoms with E-state index < -0.39 is 10.0 Å². The van der Waals surface area contributed by atoms with Gasteiger partial charge in [0.15, 0.2) is 11.6 Å². The van der Waals surface area contributed by atoms with Crippen molar-refractivity contribution in [2.45, 2.75) is 31.1 Å². The van der Waals surface area contributed by atoms with Crippen LogP contribution in [0.3, 0.4) is 0 Å². The summed E-state index contributed by atoms with van der Waals surface area (Å²) in [6, 6.07) is 13.3. The smallest absolute Gasteiger partial charge is 0.263 e. The van der Waals surface area contributed by atoms with Gasteiger partial charge in [-0.15, -0.1) is 0 Å². The Hall–Kier alpha value is -2.38. The van der Waals surface area contributed by atoms with Crippen LogP contribution in [-0.2, 0) is 10.0 Å². The zero-order valence-electron chi connectivity index (χ0n) is 14.9. The van der Waals surface area contributed by atoms with Gasteiger partial charge < -0.3 is 5.32 Å². The van der Waals surface area contributed by atoms with E-state index in [0.29, 0.717) is 28.4 Å². The van der Waals surface area contributed by atoms with Crippen molar-refractivity contribution in [2.24, 2.45) is 0 Å². The second-order valence-corrected chi connectivity index (χ2v) is 8.22. The molecule has 3 rings (SSSR count). The first-order chi connectivity index (χ1) is 13.0. The molecule has 0 fully saturated rings. The number of nitrogens with zero attached hydrogens (tertiary/aromatic N) is 2. The average molecular weight is 405 g/mol. The van der Waals surface area contributed by atoms with Gasteiger partial charge in [-0.3, -0.25) is 4.72 Å². The summed E-state index contributed by atoms with van der Waals surface area (Å²) in [7, 11) is -3.81. The minimum absolute atomic E-state index is 0.110. The summed E-state index contributed by atoms with van der Waals surface area (Å²) in [4.78, 5) is 9.11. The number of nitrogens with one attached hydrogen (secondary N) is 2. The van der Waals surface area contributed by atoms with Crippen molar-refractivity contribution in [1.29, 1.82) is 0 Å². The number of para-hydroxylation sites is 2. The number of sulfonamides is 1. The van der Waals surface area contributed by atoms with Gasteiger partial charge in [-0.25, -0.2) is 18.4 Å². The fraction of sp³-hybridized carbons (Fsp3) is 0.263. The van der Waals surface area contributed by atoms with Crippen LogP contribution in [0.5, 0.6) is 0 Å². The Morgan fingerprint density at radius 2 is 1.56 bits per heavy atom. The zero-order chi connectivity index (χ0) is 19.3. The van der Waals surface area contributed by atoms with Gasteiger partial charge in [0.2, 0.25) is 0 Å². The maximum absolute atomic E-state index is 12.7. The Bertz CT molecular complexity index is 1020. The highest BCUT2D eigenvalue weighted by atomic mass is 35.5. The Morgan fingerprint density at radius 3 is 2.19 bits per heavy atom. The minimum Gasteiger partial charge on any atom is -0.367 e. The average Bonchev–Trinajstić information content (AvgIpc) is 2.65. The lowest BCUT2D eigenvalue weighted by Crippen LogP contribution is -2.17. The van der Waals surface area contributed by atoms with Gasteiger partial charge in [0.1, 0.15) is 0 Å². The molecule has 0 amide bonds. The van der Waals surface area contributed by atoms with Crippen LogP contribution in [0.15, 0.2) is 53.4 Å². The Balaban J connectivity index is 1.94. The third-order valence-electron chi connectivity index (χ3n) is 4.00. The summed E-state index contributed by atoms with van der Waals surface area (Å²) >= 11 is 5.85. The largest absolute Gasteiger partial charge is 0.367 e. The molecule has 3 aromatic rings. The first kappa shape index (κ1) is 19.4. The molecule has 0 atom stereocenters. The molecule has 0 saturated carbocycles. The highest BCUT2D eigenvalue weighted by Gasteiger charge is 2.18. The number of rotatable bonds is 8. The van der Waals surface area contributed by atoms with Gasteiger partial charge in [-0.2, -0.15) is 0 Å². The molecule has 0 bridgehead atoms. The molecule has 27 heavy (non-hydrogen) atoms. The van der Waals surface area contributed by atoms with Crippen molar-refractivity contribution in [3.8, 4) is 0 Å². The molecule has 0 aliphatic heterocycles. The Labute approximate surface area is 164 Å². The van der Waals surface area contributed by atoms with E-state index >= 15 is 0 Å². The topological polar surface area (TPSA) is 84.0 Å². The van der Waals surface area contributed by atoms with Crippen LogP contribution in [0.4, 0.5) is 11.6 Å². The number of aromatic nitrogens is 2. The van der Waals surface area contributed by atoms with Crippen molar-refractivity contribution in [3.63, 3.8) is 0 Å². The molecule has 0 spiro atoms. The molecule has 0 aliphatic rings. The summed E-state index contributed by atoms with van der Waals surface area (Å²) in [6.45, 7) is 2.82. The van der Waals surface area contributed by atoms with Crippen LogP contribution >= 0.6 is 11.6 Å². The molecule has 1 aromatic heterocycles. The van der Waals surface area contributed by atoms with E-state index in [1.807, 2.05) is 18.2 Å². The Kier molecular flexibility index (Phi) is 6.13. The van der Waals surface area contributed by atoms with Crippen LogP contribution in [-0.4, -0.2) is 24.9 Å². The minimum atomic E-state index is -3.81. The van der Waals surface area contributed by atoms with Gasteiger partial charge in [0.05, 0.1) is 15.9 Å². The highest BCUT2D eigenvalue weighted by molar-refractivity contribution is 7.92.